The highest BCUT2D eigenvalue weighted by Crippen LogP contribution is 2.25. The van der Waals surface area contributed by atoms with Crippen LogP contribution in [0.4, 0.5) is 11.4 Å². The number of nitrogens with one attached hydrogen (secondary N) is 1. The molecule has 24 heavy (non-hydrogen) atoms. The van der Waals surface area contributed by atoms with E-state index in [0.717, 1.165) is 0 Å². The maximum Gasteiger partial charge on any atom is 0.291 e. The van der Waals surface area contributed by atoms with E-state index in [9.17, 15) is 19.7 Å². The van der Waals surface area contributed by atoms with E-state index in [-0.39, 0.29) is 17.2 Å². The number of carbonyl (C=O) groups excluding carboxylic acids is 2. The number of rotatable bonds is 4. The fraction of sp³-hybridized carbons (Fsp3) is 0.0588. The summed E-state index contributed by atoms with van der Waals surface area (Å²) in [5.74, 6) is -0.588. The second-order valence-electron chi connectivity index (χ2n) is 5.18. The van der Waals surface area contributed by atoms with Gasteiger partial charge in [0, 0.05) is 28.8 Å². The molecule has 2 aromatic carbocycles. The van der Waals surface area contributed by atoms with Crippen molar-refractivity contribution in [2.45, 2.75) is 6.92 Å². The van der Waals surface area contributed by atoms with Crippen molar-refractivity contribution in [1.29, 1.82) is 0 Å². The highest BCUT2D eigenvalue weighted by molar-refractivity contribution is 6.05. The van der Waals surface area contributed by atoms with Gasteiger partial charge in [0.2, 0.25) is 0 Å². The van der Waals surface area contributed by atoms with Gasteiger partial charge in [-0.15, -0.1) is 0 Å². The first kappa shape index (κ1) is 15.4. The number of carbonyl (C=O) groups is 2. The highest BCUT2D eigenvalue weighted by atomic mass is 16.6. The fourth-order valence-corrected chi connectivity index (χ4v) is 2.26. The Bertz CT molecular complexity index is 974. The molecule has 0 aliphatic heterocycles. The van der Waals surface area contributed by atoms with Crippen molar-refractivity contribution in [2.24, 2.45) is 0 Å². The lowest BCUT2D eigenvalue weighted by Gasteiger charge is -2.04. The minimum Gasteiger partial charge on any atom is -0.451 e. The summed E-state index contributed by atoms with van der Waals surface area (Å²) >= 11 is 0. The molecule has 0 atom stereocenters. The van der Waals surface area contributed by atoms with Gasteiger partial charge in [0.25, 0.3) is 11.6 Å². The van der Waals surface area contributed by atoms with E-state index >= 15 is 0 Å². The van der Waals surface area contributed by atoms with Gasteiger partial charge in [-0.05, 0) is 31.2 Å². The van der Waals surface area contributed by atoms with E-state index < -0.39 is 10.8 Å². The van der Waals surface area contributed by atoms with Crippen LogP contribution < -0.4 is 5.32 Å². The van der Waals surface area contributed by atoms with E-state index in [2.05, 4.69) is 5.32 Å². The van der Waals surface area contributed by atoms with Crippen LogP contribution in [0.3, 0.4) is 0 Å². The molecule has 1 heterocycles. The third-order valence-corrected chi connectivity index (χ3v) is 3.46. The zero-order valence-electron chi connectivity index (χ0n) is 12.6. The molecule has 0 aliphatic rings. The topological polar surface area (TPSA) is 102 Å². The van der Waals surface area contributed by atoms with Crippen molar-refractivity contribution < 1.29 is 18.9 Å². The Kier molecular flexibility index (Phi) is 3.83. The van der Waals surface area contributed by atoms with Crippen LogP contribution in [0, 0.1) is 10.1 Å². The molecule has 7 nitrogen and oxygen atoms in total. The lowest BCUT2D eigenvalue weighted by Crippen LogP contribution is -2.11. The van der Waals surface area contributed by atoms with Crippen molar-refractivity contribution >= 4 is 34.0 Å². The zero-order chi connectivity index (χ0) is 17.3. The average Bonchev–Trinajstić information content (AvgIpc) is 2.98. The Balaban J connectivity index is 1.87. The maximum atomic E-state index is 12.3. The van der Waals surface area contributed by atoms with Gasteiger partial charge >= 0.3 is 0 Å². The largest absolute Gasteiger partial charge is 0.451 e. The smallest absolute Gasteiger partial charge is 0.291 e. The van der Waals surface area contributed by atoms with Gasteiger partial charge in [-0.2, -0.15) is 0 Å². The molecule has 0 saturated heterocycles. The quantitative estimate of drug-likeness (QED) is 0.447. The summed E-state index contributed by atoms with van der Waals surface area (Å²) in [4.78, 5) is 33.9. The number of nitrogens with zero attached hydrogens (tertiary/aromatic N) is 1. The lowest BCUT2D eigenvalue weighted by molar-refractivity contribution is -0.384. The summed E-state index contributed by atoms with van der Waals surface area (Å²) in [7, 11) is 0. The average molecular weight is 324 g/mol. The summed E-state index contributed by atoms with van der Waals surface area (Å²) in [6, 6.07) is 12.1. The summed E-state index contributed by atoms with van der Waals surface area (Å²) < 4.78 is 5.41. The summed E-state index contributed by atoms with van der Waals surface area (Å²) in [6.07, 6.45) is 0. The molecule has 0 bridgehead atoms. The minimum absolute atomic E-state index is 0.0266. The number of Topliss-reactive ketones (excluding diaryl/α,β-unsaturated/α-hetero) is 1. The SMILES string of the molecule is CC(=O)c1cccc(NC(=O)c2cc3cc([N+](=O)[O-])ccc3o2)c1. The van der Waals surface area contributed by atoms with Gasteiger partial charge in [-0.1, -0.05) is 12.1 Å². The van der Waals surface area contributed by atoms with Crippen LogP contribution in [0.2, 0.25) is 0 Å². The summed E-state index contributed by atoms with van der Waals surface area (Å²) in [6.45, 7) is 1.44. The molecule has 0 fully saturated rings. The third kappa shape index (κ3) is 3.00. The van der Waals surface area contributed by atoms with Crippen LogP contribution in [0.15, 0.2) is 52.9 Å². The van der Waals surface area contributed by atoms with Gasteiger partial charge in [0.15, 0.2) is 11.5 Å². The van der Waals surface area contributed by atoms with E-state index in [1.165, 1.54) is 31.2 Å². The molecule has 0 radical (unpaired) electrons. The normalized spacial score (nSPS) is 10.5. The monoisotopic (exact) mass is 324 g/mol. The highest BCUT2D eigenvalue weighted by Gasteiger charge is 2.15. The molecule has 0 unspecified atom stereocenters. The van der Waals surface area contributed by atoms with Gasteiger partial charge in [0.05, 0.1) is 4.92 Å². The maximum absolute atomic E-state index is 12.3. The van der Waals surface area contributed by atoms with Crippen LogP contribution >= 0.6 is 0 Å². The fourth-order valence-electron chi connectivity index (χ4n) is 2.26. The van der Waals surface area contributed by atoms with Crippen molar-refractivity contribution in [3.8, 4) is 0 Å². The van der Waals surface area contributed by atoms with Crippen molar-refractivity contribution in [2.75, 3.05) is 5.32 Å². The molecule has 1 N–H and O–H groups in total. The molecule has 0 spiro atoms. The number of non-ortho nitro benzene ring substituents is 1. The number of furan rings is 1. The Hall–Kier alpha value is -3.48. The zero-order valence-corrected chi connectivity index (χ0v) is 12.6. The number of nitro benzene ring substituents is 1. The van der Waals surface area contributed by atoms with E-state index in [1.807, 2.05) is 0 Å². The number of amides is 1. The Morgan fingerprint density at radius 3 is 2.62 bits per heavy atom. The van der Waals surface area contributed by atoms with Crippen LogP contribution in [0.25, 0.3) is 11.0 Å². The third-order valence-electron chi connectivity index (χ3n) is 3.46. The number of hydrogen-bond donors (Lipinski definition) is 1. The molecule has 120 valence electrons. The standard InChI is InChI=1S/C17H12N2O5/c1-10(20)11-3-2-4-13(7-11)18-17(21)16-9-12-8-14(19(22)23)5-6-15(12)24-16/h2-9H,1H3,(H,18,21). The molecule has 7 heteroatoms. The molecule has 1 aromatic heterocycles. The van der Waals surface area contributed by atoms with Crippen LogP contribution in [-0.4, -0.2) is 16.6 Å². The van der Waals surface area contributed by atoms with Crippen LogP contribution in [-0.2, 0) is 0 Å². The predicted molar refractivity (Wildman–Crippen MR) is 87.3 cm³/mol. The Morgan fingerprint density at radius 1 is 1.12 bits per heavy atom. The van der Waals surface area contributed by atoms with Crippen molar-refractivity contribution in [1.82, 2.24) is 0 Å². The van der Waals surface area contributed by atoms with Crippen molar-refractivity contribution in [3.05, 3.63) is 70.0 Å². The Morgan fingerprint density at radius 2 is 1.92 bits per heavy atom. The number of benzene rings is 2. The van der Waals surface area contributed by atoms with E-state index in [4.69, 9.17) is 4.42 Å². The molecule has 0 saturated carbocycles. The first-order valence-corrected chi connectivity index (χ1v) is 7.04. The molecule has 1 amide bonds. The summed E-state index contributed by atoms with van der Waals surface area (Å²) in [5.41, 5.74) is 1.24. The van der Waals surface area contributed by atoms with Crippen LogP contribution in [0.5, 0.6) is 0 Å². The second-order valence-corrected chi connectivity index (χ2v) is 5.18. The molecule has 3 aromatic rings. The number of nitro groups is 1. The molecule has 0 aliphatic carbocycles. The molecular weight excluding hydrogens is 312 g/mol. The summed E-state index contributed by atoms with van der Waals surface area (Å²) in [5, 5.41) is 13.9. The lowest BCUT2D eigenvalue weighted by atomic mass is 10.1. The van der Waals surface area contributed by atoms with Gasteiger partial charge in [-0.25, -0.2) is 0 Å². The first-order chi connectivity index (χ1) is 11.4. The molecular formula is C17H12N2O5. The van der Waals surface area contributed by atoms with Crippen molar-refractivity contribution in [3.63, 3.8) is 0 Å². The number of hydrogen-bond acceptors (Lipinski definition) is 5. The predicted octanol–water partition coefficient (Wildman–Crippen LogP) is 3.80. The number of fused-ring (bicyclic) bond motifs is 1. The first-order valence-electron chi connectivity index (χ1n) is 7.04. The minimum atomic E-state index is -0.514. The molecule has 3 rings (SSSR count). The Labute approximate surface area is 136 Å². The van der Waals surface area contributed by atoms with Crippen LogP contribution in [0.1, 0.15) is 27.8 Å². The van der Waals surface area contributed by atoms with Gasteiger partial charge in [-0.3, -0.25) is 19.7 Å². The van der Waals surface area contributed by atoms with Gasteiger partial charge < -0.3 is 9.73 Å². The number of ketones is 1. The van der Waals surface area contributed by atoms with E-state index in [1.54, 1.807) is 24.3 Å². The number of anilines is 1. The van der Waals surface area contributed by atoms with E-state index in [0.29, 0.717) is 22.2 Å². The second kappa shape index (κ2) is 5.96. The van der Waals surface area contributed by atoms with Gasteiger partial charge in [0.1, 0.15) is 5.58 Å².